The minimum absolute atomic E-state index is 0.345. The van der Waals surface area contributed by atoms with Gasteiger partial charge >= 0.3 is 5.69 Å². The van der Waals surface area contributed by atoms with Gasteiger partial charge in [0.2, 0.25) is 0 Å². The monoisotopic (exact) mass is 176 g/mol. The van der Waals surface area contributed by atoms with E-state index in [4.69, 9.17) is 0 Å². The van der Waals surface area contributed by atoms with Crippen molar-refractivity contribution >= 4 is 12.2 Å². The maximum Gasteiger partial charge on any atom is 0.326 e. The Morgan fingerprint density at radius 2 is 2.08 bits per heavy atom. The largest absolute Gasteiger partial charge is 0.326 e. The molecule has 4 heteroatoms. The fourth-order valence-electron chi connectivity index (χ4n) is 1.33. The normalized spacial score (nSPS) is 14.3. The molecule has 0 amide bonds. The predicted octanol–water partition coefficient (Wildman–Crippen LogP) is -1.42. The Kier molecular flexibility index (Phi) is 1.55. The average Bonchev–Trinajstić information content (AvgIpc) is 2.02. The highest BCUT2D eigenvalue weighted by Crippen LogP contribution is 2.00. The summed E-state index contributed by atoms with van der Waals surface area (Å²) >= 11 is 0. The quantitative estimate of drug-likeness (QED) is 0.509. The smallest absolute Gasteiger partial charge is 0.307 e. The molecule has 0 unspecified atom stereocenters. The number of aromatic amines is 2. The molecule has 0 aliphatic heterocycles. The van der Waals surface area contributed by atoms with Crippen LogP contribution in [-0.4, -0.2) is 9.97 Å². The number of H-pyrrole nitrogens is 2. The lowest BCUT2D eigenvalue weighted by Gasteiger charge is -2.00. The molecule has 1 aliphatic rings. The molecule has 0 fully saturated rings. The van der Waals surface area contributed by atoms with Crippen molar-refractivity contribution in [3.63, 3.8) is 0 Å². The van der Waals surface area contributed by atoms with Gasteiger partial charge in [-0.15, -0.1) is 0 Å². The molecule has 1 aliphatic carbocycles. The fourth-order valence-corrected chi connectivity index (χ4v) is 1.33. The van der Waals surface area contributed by atoms with E-state index in [1.807, 2.05) is 0 Å². The SMILES string of the molecule is C=C1C=c2[nH]c(=O)[nH]c(=O)c2=CC1. The summed E-state index contributed by atoms with van der Waals surface area (Å²) in [6.07, 6.45) is 4.13. The van der Waals surface area contributed by atoms with Gasteiger partial charge in [0.25, 0.3) is 5.56 Å². The van der Waals surface area contributed by atoms with E-state index in [0.29, 0.717) is 17.0 Å². The minimum Gasteiger partial charge on any atom is -0.307 e. The molecule has 0 saturated carbocycles. The maximum absolute atomic E-state index is 11.2. The third kappa shape index (κ3) is 1.26. The van der Waals surface area contributed by atoms with Gasteiger partial charge < -0.3 is 4.98 Å². The highest BCUT2D eigenvalue weighted by molar-refractivity contribution is 5.52. The second-order valence-corrected chi connectivity index (χ2v) is 2.95. The Morgan fingerprint density at radius 1 is 1.31 bits per heavy atom. The van der Waals surface area contributed by atoms with Crippen molar-refractivity contribution in [2.24, 2.45) is 0 Å². The number of aromatic nitrogens is 2. The molecule has 0 aromatic carbocycles. The summed E-state index contributed by atoms with van der Waals surface area (Å²) in [5, 5.41) is 1.07. The van der Waals surface area contributed by atoms with E-state index < -0.39 is 5.69 Å². The van der Waals surface area contributed by atoms with Gasteiger partial charge in [-0.2, -0.15) is 0 Å². The summed E-state index contributed by atoms with van der Waals surface area (Å²) in [4.78, 5) is 26.8. The second kappa shape index (κ2) is 2.58. The summed E-state index contributed by atoms with van der Waals surface area (Å²) < 4.78 is 0. The van der Waals surface area contributed by atoms with Crippen LogP contribution < -0.4 is 21.8 Å². The zero-order valence-electron chi connectivity index (χ0n) is 6.89. The highest BCUT2D eigenvalue weighted by Gasteiger charge is 2.00. The third-order valence-corrected chi connectivity index (χ3v) is 1.93. The van der Waals surface area contributed by atoms with Crippen molar-refractivity contribution in [1.29, 1.82) is 0 Å². The summed E-state index contributed by atoms with van der Waals surface area (Å²) in [5.74, 6) is 0. The molecule has 0 saturated heterocycles. The molecule has 2 rings (SSSR count). The summed E-state index contributed by atoms with van der Waals surface area (Å²) in [6.45, 7) is 3.75. The van der Waals surface area contributed by atoms with Crippen LogP contribution in [0.3, 0.4) is 0 Å². The third-order valence-electron chi connectivity index (χ3n) is 1.93. The first-order valence-electron chi connectivity index (χ1n) is 3.89. The van der Waals surface area contributed by atoms with Crippen molar-refractivity contribution in [3.05, 3.63) is 43.6 Å². The first-order chi connectivity index (χ1) is 6.16. The predicted molar refractivity (Wildman–Crippen MR) is 49.6 cm³/mol. The van der Waals surface area contributed by atoms with Gasteiger partial charge in [-0.05, 0) is 18.1 Å². The number of rotatable bonds is 0. The van der Waals surface area contributed by atoms with E-state index in [1.165, 1.54) is 0 Å². The topological polar surface area (TPSA) is 65.7 Å². The Bertz CT molecular complexity index is 589. The van der Waals surface area contributed by atoms with Crippen LogP contribution in [0.1, 0.15) is 6.42 Å². The van der Waals surface area contributed by atoms with Crippen LogP contribution in [0.15, 0.2) is 21.7 Å². The van der Waals surface area contributed by atoms with Crippen LogP contribution in [0.4, 0.5) is 0 Å². The van der Waals surface area contributed by atoms with E-state index in [9.17, 15) is 9.59 Å². The summed E-state index contributed by atoms with van der Waals surface area (Å²) in [6, 6.07) is 0. The first kappa shape index (κ1) is 7.79. The van der Waals surface area contributed by atoms with E-state index in [2.05, 4.69) is 16.5 Å². The molecule has 13 heavy (non-hydrogen) atoms. The van der Waals surface area contributed by atoms with Crippen molar-refractivity contribution in [3.8, 4) is 0 Å². The maximum atomic E-state index is 11.2. The van der Waals surface area contributed by atoms with E-state index in [-0.39, 0.29) is 5.56 Å². The molecule has 0 atom stereocenters. The molecule has 2 N–H and O–H groups in total. The average molecular weight is 176 g/mol. The highest BCUT2D eigenvalue weighted by atomic mass is 16.2. The molecule has 0 bridgehead atoms. The van der Waals surface area contributed by atoms with Crippen LogP contribution >= 0.6 is 0 Å². The van der Waals surface area contributed by atoms with Crippen LogP contribution in [0.25, 0.3) is 12.2 Å². The van der Waals surface area contributed by atoms with Crippen molar-refractivity contribution < 1.29 is 0 Å². The molecule has 0 radical (unpaired) electrons. The Balaban J connectivity index is 3.05. The van der Waals surface area contributed by atoms with Crippen molar-refractivity contribution in [2.75, 3.05) is 0 Å². The van der Waals surface area contributed by atoms with Gasteiger partial charge in [0.15, 0.2) is 0 Å². The zero-order valence-corrected chi connectivity index (χ0v) is 6.89. The molecule has 0 spiro atoms. The van der Waals surface area contributed by atoms with Gasteiger partial charge in [-0.3, -0.25) is 9.78 Å². The number of fused-ring (bicyclic) bond motifs is 1. The Hall–Kier alpha value is -1.84. The number of hydrogen-bond acceptors (Lipinski definition) is 2. The standard InChI is InChI=1S/C9H8N2O2/c1-5-2-3-6-7(4-5)10-9(13)11-8(6)12/h3-4H,1-2H2,(H2,10,11,12,13). The van der Waals surface area contributed by atoms with Gasteiger partial charge in [-0.25, -0.2) is 4.79 Å². The van der Waals surface area contributed by atoms with Crippen molar-refractivity contribution in [1.82, 2.24) is 9.97 Å². The lowest BCUT2D eigenvalue weighted by atomic mass is 10.1. The fraction of sp³-hybridized carbons (Fsp3) is 0.111. The molecular weight excluding hydrogens is 168 g/mol. The van der Waals surface area contributed by atoms with E-state index in [1.54, 1.807) is 12.2 Å². The second-order valence-electron chi connectivity index (χ2n) is 2.95. The molecule has 1 heterocycles. The van der Waals surface area contributed by atoms with Crippen LogP contribution in [0, 0.1) is 0 Å². The van der Waals surface area contributed by atoms with Crippen LogP contribution in [0.5, 0.6) is 0 Å². The van der Waals surface area contributed by atoms with Gasteiger partial charge in [0.1, 0.15) is 0 Å². The van der Waals surface area contributed by atoms with Gasteiger partial charge in [-0.1, -0.05) is 12.7 Å². The first-order valence-corrected chi connectivity index (χ1v) is 3.89. The van der Waals surface area contributed by atoms with Crippen LogP contribution in [0.2, 0.25) is 0 Å². The summed E-state index contributed by atoms with van der Waals surface area (Å²) in [7, 11) is 0. The number of nitrogens with one attached hydrogen (secondary N) is 2. The Morgan fingerprint density at radius 3 is 2.85 bits per heavy atom. The van der Waals surface area contributed by atoms with E-state index in [0.717, 1.165) is 5.57 Å². The molecule has 1 aromatic rings. The number of allylic oxidation sites excluding steroid dienone is 1. The van der Waals surface area contributed by atoms with Gasteiger partial charge in [0.05, 0.1) is 10.6 Å². The summed E-state index contributed by atoms with van der Waals surface area (Å²) in [5.41, 5.74) is 0.0550. The minimum atomic E-state index is -0.483. The molecule has 1 aromatic heterocycles. The van der Waals surface area contributed by atoms with Gasteiger partial charge in [0, 0.05) is 0 Å². The lowest BCUT2D eigenvalue weighted by Crippen LogP contribution is -2.49. The molecule has 4 nitrogen and oxygen atoms in total. The molecular formula is C9H8N2O2. The zero-order chi connectivity index (χ0) is 9.42. The molecule has 66 valence electrons. The van der Waals surface area contributed by atoms with Crippen LogP contribution in [-0.2, 0) is 0 Å². The Labute approximate surface area is 72.9 Å². The lowest BCUT2D eigenvalue weighted by molar-refractivity contribution is 0.976. The number of hydrogen-bond donors (Lipinski definition) is 2. The van der Waals surface area contributed by atoms with Crippen molar-refractivity contribution in [2.45, 2.75) is 6.42 Å². The van der Waals surface area contributed by atoms with E-state index >= 15 is 0 Å².